The van der Waals surface area contributed by atoms with Crippen LogP contribution < -0.4 is 10.7 Å². The van der Waals surface area contributed by atoms with Crippen LogP contribution in [0.25, 0.3) is 10.9 Å². The number of carbonyl (C=O) groups excluding carboxylic acids is 1. The zero-order valence-electron chi connectivity index (χ0n) is 14.5. The number of halogens is 1. The van der Waals surface area contributed by atoms with E-state index in [1.807, 2.05) is 0 Å². The molecule has 0 saturated heterocycles. The van der Waals surface area contributed by atoms with Gasteiger partial charge in [-0.2, -0.15) is 5.10 Å². The Hall–Kier alpha value is -3.14. The number of aryl methyl sites for hydroxylation is 1. The van der Waals surface area contributed by atoms with E-state index in [0.29, 0.717) is 21.5 Å². The molecule has 2 aromatic carbocycles. The molecule has 2 N–H and O–H groups in total. The second-order valence-electron chi connectivity index (χ2n) is 5.80. The first-order valence-electron chi connectivity index (χ1n) is 8.13. The second kappa shape index (κ2) is 8.04. The maximum Gasteiger partial charge on any atom is 0.276 e. The van der Waals surface area contributed by atoms with Crippen molar-refractivity contribution in [2.45, 2.75) is 6.54 Å². The molecule has 0 unspecified atom stereocenters. The summed E-state index contributed by atoms with van der Waals surface area (Å²) in [6.45, 7) is -0.0222. The van der Waals surface area contributed by atoms with Crippen molar-refractivity contribution in [3.05, 3.63) is 74.5 Å². The number of carbonyl (C=O) groups is 1. The summed E-state index contributed by atoms with van der Waals surface area (Å²) in [5, 5.41) is 16.6. The van der Waals surface area contributed by atoms with Gasteiger partial charge in [-0.1, -0.05) is 35.6 Å². The number of hydrogen-bond donors (Lipinski definition) is 2. The van der Waals surface area contributed by atoms with Crippen LogP contribution in [-0.2, 0) is 13.6 Å². The van der Waals surface area contributed by atoms with Crippen LogP contribution >= 0.6 is 11.6 Å². The summed E-state index contributed by atoms with van der Waals surface area (Å²) < 4.78 is 1.48. The number of aromatic nitrogens is 2. The van der Waals surface area contributed by atoms with Gasteiger partial charge in [0.25, 0.3) is 5.91 Å². The Kier molecular flexibility index (Phi) is 5.55. The smallest absolute Gasteiger partial charge is 0.276 e. The molecule has 0 saturated carbocycles. The Morgan fingerprint density at radius 3 is 2.70 bits per heavy atom. The third-order valence-electron chi connectivity index (χ3n) is 3.95. The summed E-state index contributed by atoms with van der Waals surface area (Å²) in [6, 6.07) is 12.1. The monoisotopic (exact) mass is 381 g/mol. The lowest BCUT2D eigenvalue weighted by atomic mass is 10.1. The van der Waals surface area contributed by atoms with Gasteiger partial charge in [-0.25, -0.2) is 0 Å². The molecular weight excluding hydrogens is 366 g/mol. The van der Waals surface area contributed by atoms with E-state index in [-0.39, 0.29) is 18.8 Å². The standard InChI is InChI=1S/C20H16ClN3O3/c1-24-17-9-6-13(3-2-10-25)11-16(17)19(26)18(23-24)20(27)22-12-14-4-7-15(21)8-5-14/h4-9,11,25H,10,12H2,1H3,(H,22,27). The Morgan fingerprint density at radius 2 is 2.00 bits per heavy atom. The van der Waals surface area contributed by atoms with Crippen LogP contribution in [0.5, 0.6) is 0 Å². The summed E-state index contributed by atoms with van der Waals surface area (Å²) >= 11 is 5.84. The van der Waals surface area contributed by atoms with Crippen LogP contribution in [0.2, 0.25) is 5.02 Å². The first-order valence-corrected chi connectivity index (χ1v) is 8.51. The van der Waals surface area contributed by atoms with Gasteiger partial charge in [0.1, 0.15) is 6.61 Å². The Morgan fingerprint density at radius 1 is 1.26 bits per heavy atom. The van der Waals surface area contributed by atoms with Gasteiger partial charge in [0.15, 0.2) is 5.69 Å². The van der Waals surface area contributed by atoms with Crippen molar-refractivity contribution in [3.63, 3.8) is 0 Å². The minimum Gasteiger partial charge on any atom is -0.384 e. The molecule has 1 amide bonds. The third kappa shape index (κ3) is 4.17. The maximum absolute atomic E-state index is 12.8. The van der Waals surface area contributed by atoms with Crippen LogP contribution in [-0.4, -0.2) is 27.4 Å². The third-order valence-corrected chi connectivity index (χ3v) is 4.20. The first-order chi connectivity index (χ1) is 13.0. The molecule has 3 rings (SSSR count). The van der Waals surface area contributed by atoms with E-state index < -0.39 is 11.3 Å². The molecule has 0 fully saturated rings. The molecule has 1 heterocycles. The van der Waals surface area contributed by atoms with Crippen molar-refractivity contribution in [2.24, 2.45) is 7.05 Å². The average molecular weight is 382 g/mol. The van der Waals surface area contributed by atoms with E-state index in [4.69, 9.17) is 16.7 Å². The highest BCUT2D eigenvalue weighted by Gasteiger charge is 2.16. The highest BCUT2D eigenvalue weighted by atomic mass is 35.5. The van der Waals surface area contributed by atoms with E-state index >= 15 is 0 Å². The average Bonchev–Trinajstić information content (AvgIpc) is 2.68. The Labute approximate surface area is 160 Å². The number of benzene rings is 2. The summed E-state index contributed by atoms with van der Waals surface area (Å²) in [5.74, 6) is 4.73. The lowest BCUT2D eigenvalue weighted by Gasteiger charge is -2.09. The molecule has 6 nitrogen and oxygen atoms in total. The van der Waals surface area contributed by atoms with Gasteiger partial charge >= 0.3 is 0 Å². The molecule has 0 aliphatic heterocycles. The van der Waals surface area contributed by atoms with E-state index in [0.717, 1.165) is 5.56 Å². The second-order valence-corrected chi connectivity index (χ2v) is 6.24. The fourth-order valence-electron chi connectivity index (χ4n) is 2.61. The van der Waals surface area contributed by atoms with Crippen molar-refractivity contribution >= 4 is 28.4 Å². The van der Waals surface area contributed by atoms with Gasteiger partial charge in [0, 0.05) is 24.2 Å². The molecule has 0 radical (unpaired) electrons. The molecule has 1 aromatic heterocycles. The highest BCUT2D eigenvalue weighted by molar-refractivity contribution is 6.30. The number of nitrogens with zero attached hydrogens (tertiary/aromatic N) is 2. The lowest BCUT2D eigenvalue weighted by Crippen LogP contribution is -2.31. The predicted molar refractivity (Wildman–Crippen MR) is 104 cm³/mol. The number of hydrogen-bond acceptors (Lipinski definition) is 4. The van der Waals surface area contributed by atoms with Crippen molar-refractivity contribution in [2.75, 3.05) is 6.61 Å². The van der Waals surface area contributed by atoms with Crippen molar-refractivity contribution in [3.8, 4) is 11.8 Å². The van der Waals surface area contributed by atoms with Gasteiger partial charge in [-0.3, -0.25) is 14.3 Å². The molecule has 27 heavy (non-hydrogen) atoms. The minimum absolute atomic E-state index is 0.189. The molecule has 136 valence electrons. The predicted octanol–water partition coefficient (Wildman–Crippen LogP) is 1.86. The summed E-state index contributed by atoms with van der Waals surface area (Å²) in [7, 11) is 1.66. The van der Waals surface area contributed by atoms with Crippen molar-refractivity contribution in [1.82, 2.24) is 15.1 Å². The van der Waals surface area contributed by atoms with E-state index in [2.05, 4.69) is 22.3 Å². The number of aliphatic hydroxyl groups excluding tert-OH is 1. The molecule has 0 aliphatic carbocycles. The van der Waals surface area contributed by atoms with Crippen LogP contribution in [0.1, 0.15) is 21.6 Å². The van der Waals surface area contributed by atoms with Crippen molar-refractivity contribution < 1.29 is 9.90 Å². The number of aliphatic hydroxyl groups is 1. The van der Waals surface area contributed by atoms with E-state index in [1.165, 1.54) is 4.68 Å². The number of nitrogens with one attached hydrogen (secondary N) is 1. The zero-order valence-corrected chi connectivity index (χ0v) is 15.2. The van der Waals surface area contributed by atoms with Crippen molar-refractivity contribution in [1.29, 1.82) is 0 Å². The number of rotatable bonds is 3. The number of fused-ring (bicyclic) bond motifs is 1. The Bertz CT molecular complexity index is 1130. The van der Waals surface area contributed by atoms with Crippen LogP contribution in [0, 0.1) is 11.8 Å². The summed E-state index contributed by atoms with van der Waals surface area (Å²) in [4.78, 5) is 25.2. The molecule has 0 spiro atoms. The summed E-state index contributed by atoms with van der Waals surface area (Å²) in [6.07, 6.45) is 0. The quantitative estimate of drug-likeness (QED) is 0.678. The highest BCUT2D eigenvalue weighted by Crippen LogP contribution is 2.12. The zero-order chi connectivity index (χ0) is 19.4. The van der Waals surface area contributed by atoms with Crippen LogP contribution in [0.15, 0.2) is 47.3 Å². The van der Waals surface area contributed by atoms with E-state index in [9.17, 15) is 9.59 Å². The summed E-state index contributed by atoms with van der Waals surface area (Å²) in [5.41, 5.74) is 1.36. The number of amides is 1. The van der Waals surface area contributed by atoms with Crippen LogP contribution in [0.3, 0.4) is 0 Å². The molecule has 0 aliphatic rings. The maximum atomic E-state index is 12.8. The molecule has 0 atom stereocenters. The van der Waals surface area contributed by atoms with Gasteiger partial charge in [0.05, 0.1) is 10.9 Å². The first kappa shape index (κ1) is 18.6. The normalized spacial score (nSPS) is 10.3. The minimum atomic E-state index is -0.556. The molecule has 3 aromatic rings. The fraction of sp³-hybridized carbons (Fsp3) is 0.150. The lowest BCUT2D eigenvalue weighted by molar-refractivity contribution is 0.0943. The van der Waals surface area contributed by atoms with Crippen LogP contribution in [0.4, 0.5) is 0 Å². The van der Waals surface area contributed by atoms with Gasteiger partial charge < -0.3 is 10.4 Å². The van der Waals surface area contributed by atoms with Gasteiger partial charge in [0.2, 0.25) is 5.43 Å². The largest absolute Gasteiger partial charge is 0.384 e. The topological polar surface area (TPSA) is 84.2 Å². The van der Waals surface area contributed by atoms with Gasteiger partial charge in [-0.05, 0) is 35.9 Å². The molecule has 0 bridgehead atoms. The SMILES string of the molecule is Cn1nc(C(=O)NCc2ccc(Cl)cc2)c(=O)c2cc(C#CCO)ccc21. The molecular formula is C20H16ClN3O3. The van der Waals surface area contributed by atoms with Gasteiger partial charge in [-0.15, -0.1) is 0 Å². The fourth-order valence-corrected chi connectivity index (χ4v) is 2.74. The Balaban J connectivity index is 1.93. The van der Waals surface area contributed by atoms with E-state index in [1.54, 1.807) is 49.5 Å². The molecule has 7 heteroatoms.